The smallest absolute Gasteiger partial charge is 0.279 e. The molecule has 0 aliphatic carbocycles. The largest absolute Gasteiger partial charge is 0.364 e. The molecule has 0 aliphatic rings. The van der Waals surface area contributed by atoms with E-state index in [9.17, 15) is 9.59 Å². The van der Waals surface area contributed by atoms with Crippen LogP contribution in [0.5, 0.6) is 0 Å². The molecule has 130 valence electrons. The van der Waals surface area contributed by atoms with E-state index >= 15 is 0 Å². The summed E-state index contributed by atoms with van der Waals surface area (Å²) in [5, 5.41) is 10.6. The number of hydrogen-bond donors (Lipinski definition) is 3. The van der Waals surface area contributed by atoms with E-state index in [1.807, 2.05) is 17.5 Å². The van der Waals surface area contributed by atoms with Crippen LogP contribution in [0.2, 0.25) is 0 Å². The lowest BCUT2D eigenvalue weighted by atomic mass is 10.2. The third-order valence-electron chi connectivity index (χ3n) is 3.48. The van der Waals surface area contributed by atoms with Crippen molar-refractivity contribution in [1.82, 2.24) is 15.1 Å². The SMILES string of the molecule is NC(=O)c1cc(-c2csc(NC(=O)c3cc(-c4cccs4)on3)n2)c[nH]1. The summed E-state index contributed by atoms with van der Waals surface area (Å²) in [6.07, 6.45) is 1.63. The first-order valence-corrected chi connectivity index (χ1v) is 9.12. The highest BCUT2D eigenvalue weighted by molar-refractivity contribution is 7.14. The summed E-state index contributed by atoms with van der Waals surface area (Å²) in [5.41, 5.74) is 7.01. The van der Waals surface area contributed by atoms with Crippen LogP contribution in [0.3, 0.4) is 0 Å². The van der Waals surface area contributed by atoms with E-state index in [1.54, 1.807) is 23.7 Å². The first kappa shape index (κ1) is 16.2. The highest BCUT2D eigenvalue weighted by atomic mass is 32.1. The Morgan fingerprint density at radius 2 is 2.15 bits per heavy atom. The van der Waals surface area contributed by atoms with Gasteiger partial charge < -0.3 is 15.2 Å². The van der Waals surface area contributed by atoms with Crippen molar-refractivity contribution < 1.29 is 14.1 Å². The third-order valence-corrected chi connectivity index (χ3v) is 5.12. The van der Waals surface area contributed by atoms with Gasteiger partial charge in [0, 0.05) is 23.2 Å². The minimum atomic E-state index is -0.549. The number of thiophene rings is 1. The highest BCUT2D eigenvalue weighted by Crippen LogP contribution is 2.27. The van der Waals surface area contributed by atoms with Gasteiger partial charge in [-0.1, -0.05) is 11.2 Å². The normalized spacial score (nSPS) is 10.8. The summed E-state index contributed by atoms with van der Waals surface area (Å²) in [6, 6.07) is 6.97. The second kappa shape index (κ2) is 6.58. The standard InChI is InChI=1S/C16H11N5O3S2/c17-14(22)9-4-8(6-18-9)11-7-26-16(19-11)20-15(23)10-5-12(24-21-10)13-2-1-3-25-13/h1-7,18H,(H2,17,22)(H,19,20,23). The fourth-order valence-corrected chi connectivity index (χ4v) is 3.61. The van der Waals surface area contributed by atoms with Crippen LogP contribution < -0.4 is 11.1 Å². The topological polar surface area (TPSA) is 127 Å². The lowest BCUT2D eigenvalue weighted by Crippen LogP contribution is -2.11. The molecule has 4 heterocycles. The zero-order chi connectivity index (χ0) is 18.1. The van der Waals surface area contributed by atoms with Gasteiger partial charge in [0.2, 0.25) is 0 Å². The number of nitrogens with zero attached hydrogens (tertiary/aromatic N) is 2. The van der Waals surface area contributed by atoms with Gasteiger partial charge in [0.05, 0.1) is 10.6 Å². The van der Waals surface area contributed by atoms with Gasteiger partial charge in [-0.05, 0) is 17.5 Å². The Labute approximate surface area is 154 Å². The average Bonchev–Trinajstić information content (AvgIpc) is 3.39. The summed E-state index contributed by atoms with van der Waals surface area (Å²) in [7, 11) is 0. The molecule has 0 saturated carbocycles. The van der Waals surface area contributed by atoms with Gasteiger partial charge in [0.1, 0.15) is 5.69 Å². The number of thiazole rings is 1. The Morgan fingerprint density at radius 3 is 2.88 bits per heavy atom. The molecule has 0 aromatic carbocycles. The van der Waals surface area contributed by atoms with E-state index in [1.165, 1.54) is 22.7 Å². The van der Waals surface area contributed by atoms with Gasteiger partial charge in [-0.3, -0.25) is 14.9 Å². The van der Waals surface area contributed by atoms with Gasteiger partial charge >= 0.3 is 0 Å². The van der Waals surface area contributed by atoms with Crippen molar-refractivity contribution in [3.05, 3.63) is 52.6 Å². The molecular weight excluding hydrogens is 374 g/mol. The molecular formula is C16H11N5O3S2. The molecule has 0 bridgehead atoms. The molecule has 4 N–H and O–H groups in total. The van der Waals surface area contributed by atoms with Crippen LogP contribution in [0.1, 0.15) is 21.0 Å². The van der Waals surface area contributed by atoms with Crippen molar-refractivity contribution in [2.75, 3.05) is 5.32 Å². The predicted molar refractivity (Wildman–Crippen MR) is 98.2 cm³/mol. The van der Waals surface area contributed by atoms with Crippen molar-refractivity contribution in [2.45, 2.75) is 0 Å². The predicted octanol–water partition coefficient (Wildman–Crippen LogP) is 3.21. The number of hydrogen-bond acceptors (Lipinski definition) is 7. The molecule has 4 aromatic rings. The minimum Gasteiger partial charge on any atom is -0.364 e. The number of aromatic nitrogens is 3. The summed E-state index contributed by atoms with van der Waals surface area (Å²) in [6.45, 7) is 0. The number of nitrogens with one attached hydrogen (secondary N) is 2. The molecule has 0 fully saturated rings. The maximum atomic E-state index is 12.3. The number of aromatic amines is 1. The van der Waals surface area contributed by atoms with Crippen LogP contribution in [-0.2, 0) is 0 Å². The maximum Gasteiger partial charge on any atom is 0.279 e. The zero-order valence-electron chi connectivity index (χ0n) is 13.1. The molecule has 10 heteroatoms. The van der Waals surface area contributed by atoms with Gasteiger partial charge in [-0.25, -0.2) is 4.98 Å². The number of rotatable bonds is 5. The summed E-state index contributed by atoms with van der Waals surface area (Å²) in [5.74, 6) is -0.423. The van der Waals surface area contributed by atoms with Gasteiger partial charge in [-0.15, -0.1) is 22.7 Å². The Balaban J connectivity index is 1.48. The molecule has 4 aromatic heterocycles. The van der Waals surface area contributed by atoms with Crippen molar-refractivity contribution >= 4 is 39.6 Å². The molecule has 0 saturated heterocycles. The number of amides is 2. The molecule has 0 unspecified atom stereocenters. The Bertz CT molecular complexity index is 1080. The van der Waals surface area contributed by atoms with Crippen LogP contribution in [0.25, 0.3) is 21.9 Å². The molecule has 8 nitrogen and oxygen atoms in total. The van der Waals surface area contributed by atoms with Crippen molar-refractivity contribution in [3.8, 4) is 21.9 Å². The average molecular weight is 385 g/mol. The first-order chi connectivity index (χ1) is 12.6. The Morgan fingerprint density at radius 1 is 1.27 bits per heavy atom. The number of carbonyl (C=O) groups excluding carboxylic acids is 2. The maximum absolute atomic E-state index is 12.3. The molecule has 4 rings (SSSR count). The molecule has 0 spiro atoms. The van der Waals surface area contributed by atoms with Crippen LogP contribution in [0.4, 0.5) is 5.13 Å². The van der Waals surface area contributed by atoms with Crippen molar-refractivity contribution in [3.63, 3.8) is 0 Å². The lowest BCUT2D eigenvalue weighted by Gasteiger charge is -1.96. The number of anilines is 1. The summed E-state index contributed by atoms with van der Waals surface area (Å²) in [4.78, 5) is 31.5. The van der Waals surface area contributed by atoms with Gasteiger partial charge in [0.25, 0.3) is 11.8 Å². The van der Waals surface area contributed by atoms with Gasteiger partial charge in [0.15, 0.2) is 16.6 Å². The first-order valence-electron chi connectivity index (χ1n) is 7.36. The quantitative estimate of drug-likeness (QED) is 0.486. The molecule has 0 aliphatic heterocycles. The lowest BCUT2D eigenvalue weighted by molar-refractivity contribution is 0.0993. The van der Waals surface area contributed by atoms with E-state index in [-0.39, 0.29) is 5.69 Å². The Hall–Kier alpha value is -3.24. The fraction of sp³-hybridized carbons (Fsp3) is 0. The minimum absolute atomic E-state index is 0.169. The molecule has 0 radical (unpaired) electrons. The van der Waals surface area contributed by atoms with Crippen molar-refractivity contribution in [1.29, 1.82) is 0 Å². The van der Waals surface area contributed by atoms with E-state index < -0.39 is 11.8 Å². The van der Waals surface area contributed by atoms with Crippen LogP contribution in [0, 0.1) is 0 Å². The van der Waals surface area contributed by atoms with Crippen LogP contribution in [-0.4, -0.2) is 26.9 Å². The zero-order valence-corrected chi connectivity index (χ0v) is 14.7. The molecule has 0 atom stereocenters. The van der Waals surface area contributed by atoms with E-state index in [0.29, 0.717) is 27.8 Å². The van der Waals surface area contributed by atoms with E-state index in [2.05, 4.69) is 20.4 Å². The van der Waals surface area contributed by atoms with E-state index in [4.69, 9.17) is 10.3 Å². The van der Waals surface area contributed by atoms with Crippen LogP contribution in [0.15, 0.2) is 45.7 Å². The number of primary amides is 1. The second-order valence-electron chi connectivity index (χ2n) is 5.21. The Kier molecular flexibility index (Phi) is 4.11. The number of carbonyl (C=O) groups is 2. The molecule has 2 amide bonds. The highest BCUT2D eigenvalue weighted by Gasteiger charge is 2.16. The summed E-state index contributed by atoms with van der Waals surface area (Å²) >= 11 is 2.76. The second-order valence-corrected chi connectivity index (χ2v) is 7.02. The fourth-order valence-electron chi connectivity index (χ4n) is 2.23. The number of nitrogens with two attached hydrogens (primary N) is 1. The monoisotopic (exact) mass is 385 g/mol. The summed E-state index contributed by atoms with van der Waals surface area (Å²) < 4.78 is 5.20. The van der Waals surface area contributed by atoms with Gasteiger partial charge in [-0.2, -0.15) is 0 Å². The molecule has 26 heavy (non-hydrogen) atoms. The van der Waals surface area contributed by atoms with Crippen molar-refractivity contribution in [2.24, 2.45) is 5.73 Å². The van der Waals surface area contributed by atoms with E-state index in [0.717, 1.165) is 4.88 Å². The number of H-pyrrole nitrogens is 1. The van der Waals surface area contributed by atoms with Crippen LogP contribution >= 0.6 is 22.7 Å². The third kappa shape index (κ3) is 3.15.